The molecule has 1 radical (unpaired) electrons. The van der Waals surface area contributed by atoms with E-state index in [0.29, 0.717) is 18.0 Å². The Morgan fingerprint density at radius 2 is 2.03 bits per heavy atom. The zero-order valence-corrected chi connectivity index (χ0v) is 18.4. The summed E-state index contributed by atoms with van der Waals surface area (Å²) >= 11 is 3.55. The van der Waals surface area contributed by atoms with Gasteiger partial charge in [-0.05, 0) is 55.8 Å². The molecular weight excluding hydrogens is 429 g/mol. The van der Waals surface area contributed by atoms with Gasteiger partial charge in [-0.15, -0.1) is 0 Å². The van der Waals surface area contributed by atoms with E-state index in [-0.39, 0.29) is 0 Å². The smallest absolute Gasteiger partial charge is 0.493 e. The first-order chi connectivity index (χ1) is 14.1. The molecule has 3 heterocycles. The molecule has 0 spiro atoms. The quantitative estimate of drug-likeness (QED) is 0.678. The molecule has 0 bridgehead atoms. The number of hydrogen-bond acceptors (Lipinski definition) is 3. The van der Waals surface area contributed by atoms with Gasteiger partial charge in [0.25, 0.3) is 0 Å². The third-order valence-electron chi connectivity index (χ3n) is 5.17. The lowest BCUT2D eigenvalue weighted by Crippen LogP contribution is -2.30. The largest absolute Gasteiger partial charge is 0.699 e. The fourth-order valence-electron chi connectivity index (χ4n) is 3.96. The van der Waals surface area contributed by atoms with Crippen molar-refractivity contribution in [3.8, 4) is 11.5 Å². The topological polar surface area (TPSA) is 52.4 Å². The van der Waals surface area contributed by atoms with Crippen molar-refractivity contribution in [2.24, 2.45) is 5.73 Å². The van der Waals surface area contributed by atoms with Gasteiger partial charge in [0, 0.05) is 39.1 Å². The lowest BCUT2D eigenvalue weighted by Gasteiger charge is -2.18. The molecule has 0 fully saturated rings. The van der Waals surface area contributed by atoms with Crippen LogP contribution >= 0.6 is 15.9 Å². The lowest BCUT2D eigenvalue weighted by molar-refractivity contribution is -0.307. The minimum absolute atomic E-state index is 0.616. The van der Waals surface area contributed by atoms with E-state index in [4.69, 9.17) is 15.2 Å². The van der Waals surface area contributed by atoms with Crippen LogP contribution in [0.1, 0.15) is 28.9 Å². The predicted molar refractivity (Wildman–Crippen MR) is 123 cm³/mol. The number of allylic oxidation sites excluding steroid dienone is 2. The van der Waals surface area contributed by atoms with E-state index < -0.39 is 0 Å². The van der Waals surface area contributed by atoms with Gasteiger partial charge in [-0.25, -0.2) is 0 Å². The maximum Gasteiger partial charge on any atom is 0.699 e. The molecule has 0 saturated carbocycles. The maximum atomic E-state index is 5.91. The SMILES string of the molecule is COc1cc(Br)cc(C=Cc2cc(C)c3n2[B][N+]2=CC=CC2=C3CCN)c1OC. The Bertz CT molecular complexity index is 1100. The van der Waals surface area contributed by atoms with Crippen molar-refractivity contribution in [3.63, 3.8) is 0 Å². The fraction of sp³-hybridized carbons (Fsp3) is 0.227. The van der Waals surface area contributed by atoms with E-state index in [2.05, 4.69) is 76.0 Å². The van der Waals surface area contributed by atoms with Crippen molar-refractivity contribution in [3.05, 3.63) is 63.0 Å². The summed E-state index contributed by atoms with van der Waals surface area (Å²) in [7, 11) is 5.42. The summed E-state index contributed by atoms with van der Waals surface area (Å²) in [6, 6.07) is 6.12. The molecule has 1 aromatic heterocycles. The fourth-order valence-corrected chi connectivity index (χ4v) is 4.41. The van der Waals surface area contributed by atoms with E-state index in [9.17, 15) is 0 Å². The summed E-state index contributed by atoms with van der Waals surface area (Å²) < 4.78 is 16.4. The van der Waals surface area contributed by atoms with Gasteiger partial charge in [-0.3, -0.25) is 4.49 Å². The Kier molecular flexibility index (Phi) is 5.52. The normalized spacial score (nSPS) is 14.7. The highest BCUT2D eigenvalue weighted by molar-refractivity contribution is 9.10. The average Bonchev–Trinajstić information content (AvgIpc) is 3.30. The molecule has 29 heavy (non-hydrogen) atoms. The van der Waals surface area contributed by atoms with E-state index in [1.807, 2.05) is 12.1 Å². The molecule has 2 aliphatic heterocycles. The standard InChI is InChI=1S/C22H23BBrN3O2/c1-14-11-17(7-6-15-12-16(24)13-20(28-2)22(15)29-3)27-21(14)18(8-9-25)19-5-4-10-26(19)23-27/h4-7,10-13H,8-9,25H2,1-3H3/q+1. The van der Waals surface area contributed by atoms with Crippen molar-refractivity contribution >= 4 is 47.4 Å². The third-order valence-corrected chi connectivity index (χ3v) is 5.63. The number of nitrogens with two attached hydrogens (primary N) is 1. The number of aryl methyl sites for hydroxylation is 1. The highest BCUT2D eigenvalue weighted by atomic mass is 79.9. The zero-order chi connectivity index (χ0) is 20.5. The summed E-state index contributed by atoms with van der Waals surface area (Å²) in [4.78, 5) is 0. The highest BCUT2D eigenvalue weighted by Gasteiger charge is 2.35. The molecule has 5 nitrogen and oxygen atoms in total. The Labute approximate surface area is 180 Å². The molecule has 4 rings (SSSR count). The van der Waals surface area contributed by atoms with Gasteiger partial charge in [-0.2, -0.15) is 0 Å². The number of hydrogen-bond donors (Lipinski definition) is 1. The van der Waals surface area contributed by atoms with E-state index in [0.717, 1.165) is 22.2 Å². The molecule has 147 valence electrons. The van der Waals surface area contributed by atoms with Crippen molar-refractivity contribution < 1.29 is 14.0 Å². The molecule has 0 aliphatic carbocycles. The molecule has 0 atom stereocenters. The minimum Gasteiger partial charge on any atom is -0.493 e. The lowest BCUT2D eigenvalue weighted by atomic mass is 9.94. The second-order valence-electron chi connectivity index (χ2n) is 6.97. The molecule has 7 heteroatoms. The molecule has 0 saturated heterocycles. The van der Waals surface area contributed by atoms with Crippen LogP contribution in [-0.2, 0) is 0 Å². The van der Waals surface area contributed by atoms with Crippen LogP contribution in [0.4, 0.5) is 0 Å². The minimum atomic E-state index is 0.616. The number of rotatable bonds is 6. The first-order valence-corrected chi connectivity index (χ1v) is 10.3. The van der Waals surface area contributed by atoms with Gasteiger partial charge in [0.2, 0.25) is 0 Å². The Hall–Kier alpha value is -2.51. The van der Waals surface area contributed by atoms with Gasteiger partial charge in [0.1, 0.15) is 6.21 Å². The van der Waals surface area contributed by atoms with Crippen LogP contribution in [0.3, 0.4) is 0 Å². The second-order valence-corrected chi connectivity index (χ2v) is 7.88. The van der Waals surface area contributed by atoms with Crippen LogP contribution < -0.4 is 15.2 Å². The van der Waals surface area contributed by atoms with Gasteiger partial charge in [0.05, 0.1) is 14.2 Å². The van der Waals surface area contributed by atoms with Crippen molar-refractivity contribution in [1.29, 1.82) is 0 Å². The number of nitrogens with zero attached hydrogens (tertiary/aromatic N) is 2. The summed E-state index contributed by atoms with van der Waals surface area (Å²) in [5.74, 6) is 1.40. The average molecular weight is 452 g/mol. The maximum absolute atomic E-state index is 5.91. The van der Waals surface area contributed by atoms with Gasteiger partial charge < -0.3 is 19.7 Å². The first kappa shape index (κ1) is 19.8. The number of halogens is 1. The Morgan fingerprint density at radius 3 is 2.76 bits per heavy atom. The van der Waals surface area contributed by atoms with E-state index in [1.54, 1.807) is 14.2 Å². The Balaban J connectivity index is 1.78. The van der Waals surface area contributed by atoms with E-state index in [1.165, 1.54) is 22.5 Å². The molecule has 2 N–H and O–H groups in total. The number of ether oxygens (including phenoxy) is 2. The third kappa shape index (κ3) is 3.49. The Morgan fingerprint density at radius 1 is 1.21 bits per heavy atom. The van der Waals surface area contributed by atoms with Crippen LogP contribution in [-0.4, -0.2) is 43.5 Å². The van der Waals surface area contributed by atoms with Crippen molar-refractivity contribution in [2.75, 3.05) is 20.8 Å². The van der Waals surface area contributed by atoms with Gasteiger partial charge in [-0.1, -0.05) is 15.9 Å². The molecule has 2 aliphatic rings. The second kappa shape index (κ2) is 8.09. The van der Waals surface area contributed by atoms with Crippen LogP contribution in [0.25, 0.3) is 17.7 Å². The van der Waals surface area contributed by atoms with E-state index >= 15 is 0 Å². The number of methoxy groups -OCH3 is 2. The number of benzene rings is 1. The monoisotopic (exact) mass is 451 g/mol. The van der Waals surface area contributed by atoms with Crippen molar-refractivity contribution in [2.45, 2.75) is 13.3 Å². The molecule has 2 aromatic rings. The predicted octanol–water partition coefficient (Wildman–Crippen LogP) is 3.86. The zero-order valence-electron chi connectivity index (χ0n) is 16.8. The van der Waals surface area contributed by atoms with Crippen LogP contribution in [0.15, 0.2) is 40.5 Å². The van der Waals surface area contributed by atoms with Gasteiger partial charge in [0.15, 0.2) is 17.2 Å². The van der Waals surface area contributed by atoms with Crippen LogP contribution in [0.2, 0.25) is 0 Å². The first-order valence-electron chi connectivity index (χ1n) is 9.47. The van der Waals surface area contributed by atoms with Crippen molar-refractivity contribution in [1.82, 2.24) is 4.48 Å². The summed E-state index contributed by atoms with van der Waals surface area (Å²) in [5.41, 5.74) is 12.9. The highest BCUT2D eigenvalue weighted by Crippen LogP contribution is 2.37. The number of aromatic nitrogens is 1. The molecular formula is C22H23BBrN3O2+. The van der Waals surface area contributed by atoms with Gasteiger partial charge >= 0.3 is 7.55 Å². The summed E-state index contributed by atoms with van der Waals surface area (Å²) in [6.45, 7) is 2.76. The summed E-state index contributed by atoms with van der Waals surface area (Å²) in [5, 5.41) is 0. The summed E-state index contributed by atoms with van der Waals surface area (Å²) in [6.07, 6.45) is 11.3. The molecule has 0 unspecified atom stereocenters. The van der Waals surface area contributed by atoms with Crippen LogP contribution in [0.5, 0.6) is 11.5 Å². The number of fused-ring (bicyclic) bond motifs is 2. The molecule has 0 amide bonds. The molecule has 1 aromatic carbocycles. The van der Waals surface area contributed by atoms with Crippen LogP contribution in [0, 0.1) is 6.92 Å².